The summed E-state index contributed by atoms with van der Waals surface area (Å²) in [5.74, 6) is -1.13. The van der Waals surface area contributed by atoms with Gasteiger partial charge in [-0.2, -0.15) is 0 Å². The zero-order valence-electron chi connectivity index (χ0n) is 42.3. The molecule has 1 amide bonds. The van der Waals surface area contributed by atoms with Crippen molar-refractivity contribution >= 4 is 18.1 Å². The van der Waals surface area contributed by atoms with E-state index in [9.17, 15) is 19.4 Å². The molecule has 0 radical (unpaired) electrons. The normalized spacial score (nSPS) is 22.0. The predicted octanol–water partition coefficient (Wildman–Crippen LogP) is 13.4. The Morgan fingerprint density at radius 2 is 1.57 bits per heavy atom. The molecule has 1 saturated carbocycles. The van der Waals surface area contributed by atoms with Gasteiger partial charge < -0.3 is 34.0 Å². The monoisotopic (exact) mass is 967 g/mol. The highest BCUT2D eigenvalue weighted by Crippen LogP contribution is 2.62. The quantitative estimate of drug-likeness (QED) is 0.0301. The van der Waals surface area contributed by atoms with Crippen LogP contribution in [0, 0.1) is 23.6 Å². The minimum Gasteiger partial charge on any atom is -0.459 e. The molecule has 382 valence electrons. The average molecular weight is 967 g/mol. The maximum absolute atomic E-state index is 15.0. The van der Waals surface area contributed by atoms with E-state index >= 15 is 4.79 Å². The molecule has 6 atom stereocenters. The molecule has 1 aliphatic heterocycles. The van der Waals surface area contributed by atoms with Crippen LogP contribution in [0.15, 0.2) is 96.2 Å². The SMILES string of the molecule is C=CCOC12Oc3ccc(Oc4cccc(C=O)c4)cc3C3C(CCCCO)C(CCCCO)C=C(C(=NOC(C)(C)C)CC1N(Cc1ccc(F)cc1)C(=O)OCCCCCCCCCCCC)C32. The number of aliphatic hydroxyl groups excluding tert-OH is 2. The molecule has 3 aromatic rings. The molecule has 0 saturated heterocycles. The van der Waals surface area contributed by atoms with E-state index in [-0.39, 0.29) is 63.0 Å². The van der Waals surface area contributed by atoms with Gasteiger partial charge in [0.15, 0.2) is 0 Å². The molecule has 3 aliphatic rings. The first-order valence-corrected chi connectivity index (χ1v) is 26.1. The fourth-order valence-corrected chi connectivity index (χ4v) is 10.6. The molecule has 1 heterocycles. The van der Waals surface area contributed by atoms with Crippen molar-refractivity contribution < 1.29 is 48.0 Å². The Bertz CT molecular complexity index is 2190. The van der Waals surface area contributed by atoms with E-state index in [1.807, 2.05) is 45.0 Å². The Labute approximate surface area is 416 Å². The lowest BCUT2D eigenvalue weighted by atomic mass is 9.55. The minimum atomic E-state index is -1.53. The fraction of sp³-hybridized carbons (Fsp3) is 0.569. The number of aliphatic hydroxyl groups is 2. The zero-order valence-corrected chi connectivity index (χ0v) is 42.3. The first kappa shape index (κ1) is 54.3. The maximum atomic E-state index is 15.0. The third-order valence-corrected chi connectivity index (χ3v) is 13.9. The van der Waals surface area contributed by atoms with Crippen molar-refractivity contribution in [3.8, 4) is 17.2 Å². The predicted molar refractivity (Wildman–Crippen MR) is 273 cm³/mol. The largest absolute Gasteiger partial charge is 0.459 e. The van der Waals surface area contributed by atoms with Gasteiger partial charge in [0.1, 0.15) is 41.0 Å². The van der Waals surface area contributed by atoms with Crippen LogP contribution in [0.2, 0.25) is 0 Å². The molecule has 6 unspecified atom stereocenters. The molecule has 1 fully saturated rings. The van der Waals surface area contributed by atoms with Crippen molar-refractivity contribution in [3.63, 3.8) is 0 Å². The summed E-state index contributed by atoms with van der Waals surface area (Å²) < 4.78 is 41.8. The third kappa shape index (κ3) is 14.5. The van der Waals surface area contributed by atoms with Crippen molar-refractivity contribution in [2.24, 2.45) is 22.9 Å². The molecule has 70 heavy (non-hydrogen) atoms. The smallest absolute Gasteiger partial charge is 0.410 e. The summed E-state index contributed by atoms with van der Waals surface area (Å²) in [4.78, 5) is 34.7. The van der Waals surface area contributed by atoms with Crippen LogP contribution in [0.4, 0.5) is 9.18 Å². The lowest BCUT2D eigenvalue weighted by Crippen LogP contribution is -2.70. The molecule has 2 N–H and O–H groups in total. The summed E-state index contributed by atoms with van der Waals surface area (Å²) in [5, 5.41) is 25.0. The highest BCUT2D eigenvalue weighted by molar-refractivity contribution is 6.03. The molecule has 0 spiro atoms. The Morgan fingerprint density at radius 1 is 0.886 bits per heavy atom. The lowest BCUT2D eigenvalue weighted by molar-refractivity contribution is -0.256. The number of unbranched alkanes of at least 4 members (excludes halogenated alkanes) is 11. The second-order valence-electron chi connectivity index (χ2n) is 20.3. The Kier molecular flexibility index (Phi) is 20.9. The Morgan fingerprint density at radius 3 is 2.24 bits per heavy atom. The van der Waals surface area contributed by atoms with Gasteiger partial charge in [-0.25, -0.2) is 9.18 Å². The molecule has 0 bridgehead atoms. The van der Waals surface area contributed by atoms with Crippen LogP contribution in [0.1, 0.15) is 164 Å². The topological polar surface area (TPSA) is 136 Å². The zero-order chi connectivity index (χ0) is 49.9. The van der Waals surface area contributed by atoms with Crippen LogP contribution >= 0.6 is 0 Å². The van der Waals surface area contributed by atoms with Crippen LogP contribution in [-0.2, 0) is 20.9 Å². The van der Waals surface area contributed by atoms with Crippen molar-refractivity contribution in [3.05, 3.63) is 114 Å². The highest BCUT2D eigenvalue weighted by atomic mass is 19.1. The summed E-state index contributed by atoms with van der Waals surface area (Å²) in [6.07, 6.45) is 20.3. The van der Waals surface area contributed by atoms with Crippen molar-refractivity contribution in [1.29, 1.82) is 0 Å². The molecule has 0 aromatic heterocycles. The number of hydrogen-bond acceptors (Lipinski definition) is 10. The van der Waals surface area contributed by atoms with Crippen LogP contribution in [0.3, 0.4) is 0 Å². The summed E-state index contributed by atoms with van der Waals surface area (Å²) in [7, 11) is 0. The molecule has 12 heteroatoms. The van der Waals surface area contributed by atoms with Gasteiger partial charge in [-0.05, 0) is 118 Å². The van der Waals surface area contributed by atoms with Gasteiger partial charge in [0.25, 0.3) is 0 Å². The Hall–Kier alpha value is -5.04. The number of nitrogens with zero attached hydrogens (tertiary/aromatic N) is 2. The molecule has 2 aliphatic carbocycles. The number of carbonyl (C=O) groups is 2. The van der Waals surface area contributed by atoms with E-state index in [1.54, 1.807) is 41.3 Å². The number of ether oxygens (including phenoxy) is 4. The number of carbonyl (C=O) groups excluding carboxylic acids is 2. The van der Waals surface area contributed by atoms with Crippen LogP contribution in [0.5, 0.6) is 17.2 Å². The van der Waals surface area contributed by atoms with Crippen molar-refractivity contribution in [2.45, 2.75) is 167 Å². The summed E-state index contributed by atoms with van der Waals surface area (Å²) in [6.45, 7) is 12.7. The second kappa shape index (κ2) is 27.0. The number of rotatable bonds is 29. The van der Waals surface area contributed by atoms with Gasteiger partial charge in [-0.3, -0.25) is 9.69 Å². The number of aldehydes is 1. The third-order valence-electron chi connectivity index (χ3n) is 13.9. The number of allylic oxidation sites excluding steroid dienone is 1. The minimum absolute atomic E-state index is 0.0145. The summed E-state index contributed by atoms with van der Waals surface area (Å²) >= 11 is 0. The van der Waals surface area contributed by atoms with E-state index in [1.165, 1.54) is 50.7 Å². The lowest BCUT2D eigenvalue weighted by Gasteiger charge is -2.60. The van der Waals surface area contributed by atoms with Crippen molar-refractivity contribution in [2.75, 3.05) is 26.4 Å². The average Bonchev–Trinajstić information content (AvgIpc) is 3.35. The number of fused-ring (bicyclic) bond motifs is 2. The van der Waals surface area contributed by atoms with E-state index in [2.05, 4.69) is 19.6 Å². The number of oxime groups is 1. The highest BCUT2D eigenvalue weighted by Gasteiger charge is 2.65. The molecular formula is C58H79FN2O9. The first-order chi connectivity index (χ1) is 33.9. The fourth-order valence-electron chi connectivity index (χ4n) is 10.6. The standard InChI is InChI=1S/C58H79FN2O9/c1-6-8-9-10-11-12-13-14-15-20-35-66-56(65)61(40-42-26-28-45(59)29-27-42)53-39-51(60-70-57(3,4)5)49-37-44(23-16-18-32-62)48(25-17-19-33-63)54-50-38-47(68-46-24-21-22-43(36-46)41-64)30-31-52(50)69-58(53,55(49)54)67-34-7-2/h7,21-22,24,26-31,36-38,41,44,48,53-55,62-63H,2,6,8-20,23,25,32-35,39-40H2,1,3-5H3. The van der Waals surface area contributed by atoms with E-state index in [0.717, 1.165) is 68.8 Å². The van der Waals surface area contributed by atoms with E-state index < -0.39 is 29.4 Å². The van der Waals surface area contributed by atoms with Gasteiger partial charge in [0.05, 0.1) is 24.8 Å². The second-order valence-corrected chi connectivity index (χ2v) is 20.3. The number of hydrogen-bond donors (Lipinski definition) is 2. The van der Waals surface area contributed by atoms with E-state index in [4.69, 9.17) is 28.9 Å². The number of benzene rings is 3. The molecule has 3 aromatic carbocycles. The molecular weight excluding hydrogens is 888 g/mol. The molecule has 11 nitrogen and oxygen atoms in total. The first-order valence-electron chi connectivity index (χ1n) is 26.1. The summed E-state index contributed by atoms with van der Waals surface area (Å²) in [5.41, 5.74) is 2.99. The van der Waals surface area contributed by atoms with Gasteiger partial charge in [-0.15, -0.1) is 6.58 Å². The Balaban J connectivity index is 1.48. The molecule has 6 rings (SSSR count). The summed E-state index contributed by atoms with van der Waals surface area (Å²) in [6, 6.07) is 18.1. The van der Waals surface area contributed by atoms with Gasteiger partial charge >= 0.3 is 6.09 Å². The number of halogens is 1. The van der Waals surface area contributed by atoms with Gasteiger partial charge in [0, 0.05) is 43.2 Å². The number of amides is 1. The van der Waals surface area contributed by atoms with Gasteiger partial charge in [-0.1, -0.05) is 119 Å². The van der Waals surface area contributed by atoms with Crippen LogP contribution < -0.4 is 9.47 Å². The van der Waals surface area contributed by atoms with E-state index in [0.29, 0.717) is 46.9 Å². The van der Waals surface area contributed by atoms with Crippen LogP contribution in [0.25, 0.3) is 0 Å². The van der Waals surface area contributed by atoms with Crippen molar-refractivity contribution in [1.82, 2.24) is 4.90 Å². The maximum Gasteiger partial charge on any atom is 0.410 e. The van der Waals surface area contributed by atoms with Crippen LogP contribution in [-0.4, -0.2) is 77.1 Å². The van der Waals surface area contributed by atoms with Gasteiger partial charge in [0.2, 0.25) is 5.79 Å².